The van der Waals surface area contributed by atoms with E-state index in [1.807, 2.05) is 62.4 Å². The van der Waals surface area contributed by atoms with Gasteiger partial charge in [0.25, 0.3) is 5.91 Å². The molecule has 182 valence electrons. The van der Waals surface area contributed by atoms with E-state index >= 15 is 0 Å². The number of urea groups is 1. The molecule has 0 bridgehead atoms. The van der Waals surface area contributed by atoms with Gasteiger partial charge in [-0.25, -0.2) is 4.79 Å². The fourth-order valence-electron chi connectivity index (χ4n) is 6.15. The van der Waals surface area contributed by atoms with Crippen LogP contribution >= 0.6 is 0 Å². The molecule has 4 amide bonds. The average molecular weight is 474 g/mol. The predicted molar refractivity (Wildman–Crippen MR) is 130 cm³/mol. The summed E-state index contributed by atoms with van der Waals surface area (Å²) in [6, 6.07) is 15.5. The molecule has 7 nitrogen and oxygen atoms in total. The van der Waals surface area contributed by atoms with Gasteiger partial charge in [0, 0.05) is 6.04 Å². The number of imide groups is 1. The van der Waals surface area contributed by atoms with Crippen molar-refractivity contribution in [3.63, 3.8) is 0 Å². The lowest BCUT2D eigenvalue weighted by Crippen LogP contribution is -2.47. The minimum absolute atomic E-state index is 0.0321. The Morgan fingerprint density at radius 3 is 1.83 bits per heavy atom. The first kappa shape index (κ1) is 23.3. The van der Waals surface area contributed by atoms with E-state index in [-0.39, 0.29) is 36.1 Å². The lowest BCUT2D eigenvalue weighted by Gasteiger charge is -2.34. The number of nitrogens with zero attached hydrogens (tertiary/aromatic N) is 1. The number of rotatable bonds is 1. The van der Waals surface area contributed by atoms with Crippen LogP contribution in [0.1, 0.15) is 68.2 Å². The third kappa shape index (κ3) is 3.65. The maximum absolute atomic E-state index is 12.7. The summed E-state index contributed by atoms with van der Waals surface area (Å²) in [5, 5.41) is 5.83. The van der Waals surface area contributed by atoms with Crippen LogP contribution in [-0.4, -0.2) is 34.6 Å². The van der Waals surface area contributed by atoms with Crippen molar-refractivity contribution in [3.8, 4) is 0 Å². The Balaban J connectivity index is 0.000000147. The molecular formula is C28H31N3O4. The van der Waals surface area contributed by atoms with Gasteiger partial charge in [0.2, 0.25) is 5.91 Å². The first-order chi connectivity index (χ1) is 16.8. The zero-order chi connectivity index (χ0) is 24.8. The summed E-state index contributed by atoms with van der Waals surface area (Å²) in [6.45, 7) is 3.73. The second-order valence-corrected chi connectivity index (χ2v) is 10.2. The monoisotopic (exact) mass is 473 g/mol. The fourth-order valence-corrected chi connectivity index (χ4v) is 6.15. The van der Waals surface area contributed by atoms with Crippen LogP contribution < -0.4 is 10.6 Å². The molecule has 2 heterocycles. The van der Waals surface area contributed by atoms with Crippen molar-refractivity contribution in [1.29, 1.82) is 0 Å². The van der Waals surface area contributed by atoms with Gasteiger partial charge in [-0.05, 0) is 74.6 Å². The zero-order valence-corrected chi connectivity index (χ0v) is 20.2. The van der Waals surface area contributed by atoms with Crippen molar-refractivity contribution in [2.75, 3.05) is 0 Å². The highest BCUT2D eigenvalue weighted by Crippen LogP contribution is 2.41. The summed E-state index contributed by atoms with van der Waals surface area (Å²) < 4.78 is 0. The molecule has 4 aliphatic rings. The van der Waals surface area contributed by atoms with Gasteiger partial charge in [0.05, 0.1) is 6.42 Å². The number of aryl methyl sites for hydroxylation is 2. The van der Waals surface area contributed by atoms with Crippen molar-refractivity contribution in [2.24, 2.45) is 0 Å². The Kier molecular flexibility index (Phi) is 5.74. The molecule has 0 radical (unpaired) electrons. The third-order valence-corrected chi connectivity index (χ3v) is 7.74. The summed E-state index contributed by atoms with van der Waals surface area (Å²) in [7, 11) is 0. The molecule has 2 atom stereocenters. The van der Waals surface area contributed by atoms with Crippen molar-refractivity contribution >= 4 is 23.6 Å². The molecule has 35 heavy (non-hydrogen) atoms. The van der Waals surface area contributed by atoms with E-state index in [2.05, 4.69) is 10.6 Å². The Morgan fingerprint density at radius 2 is 1.31 bits per heavy atom. The molecule has 0 aromatic heterocycles. The van der Waals surface area contributed by atoms with Crippen LogP contribution in [0, 0.1) is 0 Å². The minimum atomic E-state index is -0.823. The standard InChI is InChI=1S/C15H18N2O2.C13H13NO2/c1-10(2)17-13(18)15(16-14(17)19)9-5-7-11-6-3-4-8-12(11)15;15-11-8-12(16)14-13(11)7-3-5-9-4-1-2-6-10(9)13/h3-4,6,8,10H,5,7,9H2,1-2H3,(H,16,19);1-2,4,6H,3,5,7-8H2,(H,14,16). The van der Waals surface area contributed by atoms with Gasteiger partial charge in [0.1, 0.15) is 11.1 Å². The first-order valence-electron chi connectivity index (χ1n) is 12.5. The summed E-state index contributed by atoms with van der Waals surface area (Å²) in [4.78, 5) is 49.6. The molecule has 2 aliphatic carbocycles. The number of fused-ring (bicyclic) bond motifs is 4. The number of nitrogens with one attached hydrogen (secondary N) is 2. The maximum Gasteiger partial charge on any atom is 0.325 e. The second kappa shape index (κ2) is 8.63. The second-order valence-electron chi connectivity index (χ2n) is 10.2. The highest BCUT2D eigenvalue weighted by Gasteiger charge is 2.54. The molecule has 2 aromatic carbocycles. The molecule has 2 N–H and O–H groups in total. The van der Waals surface area contributed by atoms with Crippen LogP contribution in [0.3, 0.4) is 0 Å². The summed E-state index contributed by atoms with van der Waals surface area (Å²) in [5.41, 5.74) is 2.83. The number of amides is 4. The SMILES string of the molecule is CC(C)N1C(=O)NC2(CCCc3ccccc32)C1=O.O=C1CC(=O)C2(CCCc3ccccc32)N1. The third-order valence-electron chi connectivity index (χ3n) is 7.74. The Labute approximate surface area is 205 Å². The van der Waals surface area contributed by atoms with Gasteiger partial charge in [-0.2, -0.15) is 0 Å². The molecule has 2 spiro atoms. The smallest absolute Gasteiger partial charge is 0.325 e. The van der Waals surface area contributed by atoms with Crippen molar-refractivity contribution in [2.45, 2.75) is 75.9 Å². The highest BCUT2D eigenvalue weighted by atomic mass is 16.2. The average Bonchev–Trinajstić information content (AvgIpc) is 3.26. The summed E-state index contributed by atoms with van der Waals surface area (Å²) >= 11 is 0. The number of carbonyl (C=O) groups excluding carboxylic acids is 4. The predicted octanol–water partition coefficient (Wildman–Crippen LogP) is 3.49. The fraction of sp³-hybridized carbons (Fsp3) is 0.429. The summed E-state index contributed by atoms with van der Waals surface area (Å²) in [6.07, 6.45) is 5.34. The number of hydrogen-bond acceptors (Lipinski definition) is 4. The molecule has 7 heteroatoms. The van der Waals surface area contributed by atoms with E-state index in [1.54, 1.807) is 0 Å². The lowest BCUT2D eigenvalue weighted by molar-refractivity contribution is -0.133. The van der Waals surface area contributed by atoms with Gasteiger partial charge in [-0.3, -0.25) is 19.3 Å². The normalized spacial score (nSPS) is 26.9. The van der Waals surface area contributed by atoms with Crippen molar-refractivity contribution in [1.82, 2.24) is 15.5 Å². The summed E-state index contributed by atoms with van der Waals surface area (Å²) in [5.74, 6) is -0.203. The van der Waals surface area contributed by atoms with Crippen LogP contribution in [0.5, 0.6) is 0 Å². The Bertz CT molecular complexity index is 1220. The minimum Gasteiger partial charge on any atom is -0.339 e. The number of benzene rings is 2. The first-order valence-corrected chi connectivity index (χ1v) is 12.5. The Morgan fingerprint density at radius 1 is 0.771 bits per heavy atom. The van der Waals surface area contributed by atoms with Gasteiger partial charge in [-0.15, -0.1) is 0 Å². The molecule has 6 rings (SSSR count). The van der Waals surface area contributed by atoms with E-state index in [1.165, 1.54) is 16.0 Å². The van der Waals surface area contributed by atoms with E-state index in [4.69, 9.17) is 0 Å². The van der Waals surface area contributed by atoms with Gasteiger partial charge >= 0.3 is 6.03 Å². The molecule has 2 aromatic rings. The van der Waals surface area contributed by atoms with Crippen LogP contribution in [-0.2, 0) is 38.3 Å². The van der Waals surface area contributed by atoms with Crippen LogP contribution in [0.2, 0.25) is 0 Å². The van der Waals surface area contributed by atoms with E-state index in [0.717, 1.165) is 43.2 Å². The molecule has 2 unspecified atom stereocenters. The van der Waals surface area contributed by atoms with Gasteiger partial charge in [-0.1, -0.05) is 48.5 Å². The van der Waals surface area contributed by atoms with E-state index in [0.29, 0.717) is 6.42 Å². The number of hydrogen-bond donors (Lipinski definition) is 2. The molecular weight excluding hydrogens is 442 g/mol. The number of carbonyl (C=O) groups is 4. The highest BCUT2D eigenvalue weighted by molar-refractivity contribution is 6.11. The van der Waals surface area contributed by atoms with Crippen LogP contribution in [0.15, 0.2) is 48.5 Å². The van der Waals surface area contributed by atoms with Crippen molar-refractivity contribution < 1.29 is 19.2 Å². The van der Waals surface area contributed by atoms with E-state index in [9.17, 15) is 19.2 Å². The van der Waals surface area contributed by atoms with Gasteiger partial charge < -0.3 is 10.6 Å². The topological polar surface area (TPSA) is 95.6 Å². The number of Topliss-reactive ketones (excluding diaryl/α,β-unsaturated/α-hetero) is 1. The lowest BCUT2D eigenvalue weighted by atomic mass is 9.75. The molecule has 2 aliphatic heterocycles. The number of ketones is 1. The Hall–Kier alpha value is -3.48. The molecule has 0 saturated carbocycles. The van der Waals surface area contributed by atoms with Crippen LogP contribution in [0.4, 0.5) is 4.79 Å². The van der Waals surface area contributed by atoms with Crippen molar-refractivity contribution in [3.05, 3.63) is 70.8 Å². The molecule has 2 fully saturated rings. The quantitative estimate of drug-likeness (QED) is 0.490. The maximum atomic E-state index is 12.7. The largest absolute Gasteiger partial charge is 0.339 e. The van der Waals surface area contributed by atoms with E-state index < -0.39 is 11.1 Å². The zero-order valence-electron chi connectivity index (χ0n) is 20.2. The van der Waals surface area contributed by atoms with Gasteiger partial charge in [0.15, 0.2) is 5.78 Å². The molecule has 2 saturated heterocycles. The van der Waals surface area contributed by atoms with Crippen LogP contribution in [0.25, 0.3) is 0 Å².